The predicted octanol–water partition coefficient (Wildman–Crippen LogP) is 8.39. The Morgan fingerprint density at radius 3 is 2.04 bits per heavy atom. The normalized spacial score (nSPS) is 21.2. The molecule has 5 aliphatic rings. The molecule has 5 aromatic rings. The molecule has 0 spiro atoms. The van der Waals surface area contributed by atoms with Gasteiger partial charge in [-0.15, -0.1) is 0 Å². The van der Waals surface area contributed by atoms with Crippen LogP contribution in [0.1, 0.15) is 139 Å². The second-order valence-electron chi connectivity index (χ2n) is 21.1. The molecule has 0 amide bonds. The number of carbonyl (C=O) groups is 2. The van der Waals surface area contributed by atoms with Gasteiger partial charge in [-0.1, -0.05) is 24.3 Å². The first-order valence-electron chi connectivity index (χ1n) is 26.9. The van der Waals surface area contributed by atoms with Crippen molar-refractivity contribution in [2.75, 3.05) is 76.2 Å². The quantitative estimate of drug-likeness (QED) is 0.0490. The fourth-order valence-electron chi connectivity index (χ4n) is 11.4. The van der Waals surface area contributed by atoms with E-state index in [0.29, 0.717) is 19.1 Å². The maximum Gasteiger partial charge on any atom is 0.304 e. The maximum atomic E-state index is 12.3. The van der Waals surface area contributed by atoms with Crippen molar-refractivity contribution in [1.29, 1.82) is 0 Å². The summed E-state index contributed by atoms with van der Waals surface area (Å²) in [5.41, 5.74) is 9.77. The number of aromatic nitrogens is 5. The van der Waals surface area contributed by atoms with E-state index < -0.39 is 11.9 Å². The van der Waals surface area contributed by atoms with Crippen molar-refractivity contribution in [3.8, 4) is 5.69 Å². The van der Waals surface area contributed by atoms with Crippen LogP contribution in [0.25, 0.3) is 5.69 Å². The fourth-order valence-corrected chi connectivity index (χ4v) is 11.4. The van der Waals surface area contributed by atoms with Gasteiger partial charge in [-0.05, 0) is 167 Å². The highest BCUT2D eigenvalue weighted by Crippen LogP contribution is 2.40. The molecule has 15 nitrogen and oxygen atoms in total. The summed E-state index contributed by atoms with van der Waals surface area (Å²) >= 11 is 0. The number of nitrogens with one attached hydrogen (secondary N) is 2. The zero-order valence-electron chi connectivity index (χ0n) is 41.8. The van der Waals surface area contributed by atoms with Crippen molar-refractivity contribution in [3.63, 3.8) is 0 Å². The van der Waals surface area contributed by atoms with E-state index in [1.807, 2.05) is 41.3 Å². The Hall–Kier alpha value is -5.74. The van der Waals surface area contributed by atoms with E-state index in [4.69, 9.17) is 24.5 Å². The van der Waals surface area contributed by atoms with Crippen LogP contribution >= 0.6 is 0 Å². The highest BCUT2D eigenvalue weighted by atomic mass is 16.5. The molecule has 1 unspecified atom stereocenters. The Kier molecular flexibility index (Phi) is 16.5. The lowest BCUT2D eigenvalue weighted by atomic mass is 9.90. The number of aliphatic carboxylic acids is 2. The van der Waals surface area contributed by atoms with Gasteiger partial charge in [0.15, 0.2) is 0 Å². The summed E-state index contributed by atoms with van der Waals surface area (Å²) < 4.78 is 15.3. The molecule has 3 fully saturated rings. The minimum Gasteiger partial charge on any atom is -0.481 e. The number of hydrogen-bond donors (Lipinski definition) is 4. The number of carboxylic acid groups (broad SMARTS) is 2. The summed E-state index contributed by atoms with van der Waals surface area (Å²) in [7, 11) is 0. The molecule has 4 aromatic heterocycles. The molecule has 15 heteroatoms. The minimum atomic E-state index is -0.848. The van der Waals surface area contributed by atoms with Gasteiger partial charge in [0.25, 0.3) is 0 Å². The molecule has 10 rings (SSSR count). The minimum absolute atomic E-state index is 0.00550. The van der Waals surface area contributed by atoms with Gasteiger partial charge >= 0.3 is 11.9 Å². The molecule has 5 atom stereocenters. The number of ether oxygens (including phenoxy) is 2. The van der Waals surface area contributed by atoms with Gasteiger partial charge < -0.3 is 40.1 Å². The lowest BCUT2D eigenvalue weighted by Gasteiger charge is -2.38. The number of carboxylic acids is 2. The first kappa shape index (κ1) is 49.8. The second kappa shape index (κ2) is 23.9. The van der Waals surface area contributed by atoms with Crippen molar-refractivity contribution in [2.24, 2.45) is 0 Å². The summed E-state index contributed by atoms with van der Waals surface area (Å²) in [6.07, 6.45) is 19.1. The molecule has 8 heterocycles. The molecule has 1 aliphatic carbocycles. The number of pyridine rings is 3. The summed E-state index contributed by atoms with van der Waals surface area (Å²) in [4.78, 5) is 43.9. The molecule has 0 bridgehead atoms. The molecular formula is C57H73N9O6. The van der Waals surface area contributed by atoms with Crippen LogP contribution in [0.5, 0.6) is 0 Å². The van der Waals surface area contributed by atoms with Crippen molar-refractivity contribution in [1.82, 2.24) is 34.5 Å². The van der Waals surface area contributed by atoms with Crippen molar-refractivity contribution < 1.29 is 29.3 Å². The molecule has 1 aromatic carbocycles. The van der Waals surface area contributed by atoms with Crippen LogP contribution in [-0.2, 0) is 44.7 Å². The highest BCUT2D eigenvalue weighted by molar-refractivity contribution is 5.68. The third-order valence-corrected chi connectivity index (χ3v) is 15.5. The van der Waals surface area contributed by atoms with Crippen LogP contribution in [0.3, 0.4) is 0 Å². The lowest BCUT2D eigenvalue weighted by Crippen LogP contribution is -2.44. The lowest BCUT2D eigenvalue weighted by molar-refractivity contribution is -0.139. The zero-order chi connectivity index (χ0) is 49.2. The predicted molar refractivity (Wildman–Crippen MR) is 277 cm³/mol. The van der Waals surface area contributed by atoms with Crippen LogP contribution in [-0.4, -0.2) is 134 Å². The number of benzene rings is 1. The van der Waals surface area contributed by atoms with E-state index in [0.717, 1.165) is 187 Å². The van der Waals surface area contributed by atoms with Gasteiger partial charge in [0.2, 0.25) is 0 Å². The number of likely N-dealkylation sites (tertiary alicyclic amines) is 2. The summed E-state index contributed by atoms with van der Waals surface area (Å²) in [6.45, 7) is 7.96. The average Bonchev–Trinajstić information content (AvgIpc) is 4.14. The first-order valence-corrected chi connectivity index (χ1v) is 26.9. The molecule has 4 N–H and O–H groups in total. The van der Waals surface area contributed by atoms with Crippen LogP contribution in [0, 0.1) is 0 Å². The SMILES string of the molecule is O=C(O)C[C@H](CO[C@@H]1CCCN(CCCc2ccc3c(n2)NCCC3)C1)c1cccc(-n2cc(C3C[C@@H](OC[C@@H](CC(=O)O)c4ccnc(C5CC5)c4)CN(CCCc4ccc5c(n4)NCCC5)C3)cn2)c1. The van der Waals surface area contributed by atoms with Gasteiger partial charge in [-0.3, -0.25) is 14.6 Å². The van der Waals surface area contributed by atoms with Crippen LogP contribution < -0.4 is 10.6 Å². The van der Waals surface area contributed by atoms with E-state index in [-0.39, 0.29) is 42.8 Å². The van der Waals surface area contributed by atoms with E-state index in [1.165, 1.54) is 11.1 Å². The topological polar surface area (TPSA) is 180 Å². The molecule has 382 valence electrons. The summed E-state index contributed by atoms with van der Waals surface area (Å²) in [6, 6.07) is 20.9. The van der Waals surface area contributed by atoms with Gasteiger partial charge in [0, 0.05) is 85.9 Å². The van der Waals surface area contributed by atoms with Gasteiger partial charge in [0.1, 0.15) is 11.6 Å². The highest BCUT2D eigenvalue weighted by Gasteiger charge is 2.32. The summed E-state index contributed by atoms with van der Waals surface area (Å²) in [5, 5.41) is 31.9. The number of anilines is 2. The van der Waals surface area contributed by atoms with Crippen LogP contribution in [0.4, 0.5) is 11.6 Å². The summed E-state index contributed by atoms with van der Waals surface area (Å²) in [5.74, 6) is 0.409. The number of fused-ring (bicyclic) bond motifs is 2. The van der Waals surface area contributed by atoms with Gasteiger partial charge in [-0.25, -0.2) is 14.6 Å². The molecule has 0 radical (unpaired) electrons. The van der Waals surface area contributed by atoms with Crippen molar-refractivity contribution in [3.05, 3.63) is 124 Å². The smallest absolute Gasteiger partial charge is 0.304 e. The second-order valence-corrected chi connectivity index (χ2v) is 21.1. The number of aryl methyl sites for hydroxylation is 4. The number of rotatable bonds is 23. The Balaban J connectivity index is 0.784. The largest absolute Gasteiger partial charge is 0.481 e. The van der Waals surface area contributed by atoms with Crippen LogP contribution in [0.2, 0.25) is 0 Å². The van der Waals surface area contributed by atoms with Crippen LogP contribution in [0.15, 0.2) is 79.3 Å². The zero-order valence-corrected chi connectivity index (χ0v) is 41.8. The standard InChI is InChI=1S/C57H73N9O6/c67-54(68)30-45(37-71-51-13-6-25-64(35-51)24-4-10-48-18-16-40-8-2-21-59-56(40)62-48)42-7-1-12-50(27-42)66-34-47(32-61-66)44-28-52(72-38-46(31-55(69)70)43-20-23-58-53(29-43)39-14-15-39)36-65(33-44)26-5-11-49-19-17-41-9-3-22-60-57(41)63-49/h1,7,12,16-20,23,27,29,32,34,39,44-46,51-52H,2-6,8-11,13-15,21-22,24-26,28,30-31,33,35-38H2,(H,59,62)(H,60,63)(H,67,68)(H,69,70)/t44?,45-,46-,51-,52-/m1/s1. The molecule has 4 aliphatic heterocycles. The molecule has 2 saturated heterocycles. The Labute approximate surface area is 424 Å². The van der Waals surface area contributed by atoms with Crippen molar-refractivity contribution >= 4 is 23.6 Å². The van der Waals surface area contributed by atoms with E-state index >= 15 is 0 Å². The Bertz CT molecular complexity index is 2620. The number of nitrogens with zero attached hydrogens (tertiary/aromatic N) is 7. The monoisotopic (exact) mass is 980 g/mol. The third kappa shape index (κ3) is 13.5. The first-order chi connectivity index (χ1) is 35.2. The fraction of sp³-hybridized carbons (Fsp3) is 0.544. The average molecular weight is 980 g/mol. The van der Waals surface area contributed by atoms with E-state index in [9.17, 15) is 19.8 Å². The molecular weight excluding hydrogens is 907 g/mol. The maximum absolute atomic E-state index is 12.3. The molecule has 72 heavy (non-hydrogen) atoms. The number of hydrogen-bond acceptors (Lipinski definition) is 12. The van der Waals surface area contributed by atoms with E-state index in [1.54, 1.807) is 0 Å². The van der Waals surface area contributed by atoms with Gasteiger partial charge in [-0.2, -0.15) is 5.10 Å². The van der Waals surface area contributed by atoms with Crippen molar-refractivity contribution in [2.45, 2.75) is 132 Å². The van der Waals surface area contributed by atoms with E-state index in [2.05, 4.69) is 68.0 Å². The Morgan fingerprint density at radius 2 is 1.36 bits per heavy atom. The number of piperidine rings is 2. The third-order valence-electron chi connectivity index (χ3n) is 15.5. The Morgan fingerprint density at radius 1 is 0.708 bits per heavy atom. The van der Waals surface area contributed by atoms with Gasteiger partial charge in [0.05, 0.1) is 50.1 Å². The molecule has 1 saturated carbocycles.